The first-order valence-corrected chi connectivity index (χ1v) is 10.3. The first kappa shape index (κ1) is 23.4. The van der Waals surface area contributed by atoms with Gasteiger partial charge in [0.15, 0.2) is 17.3 Å². The summed E-state index contributed by atoms with van der Waals surface area (Å²) in [7, 11) is 4.36. The molecule has 0 fully saturated rings. The molecule has 0 aromatic heterocycles. The lowest BCUT2D eigenvalue weighted by Crippen LogP contribution is -2.28. The zero-order valence-electron chi connectivity index (χ0n) is 19.4. The minimum absolute atomic E-state index is 0.00519. The molecule has 2 aromatic carbocycles. The van der Waals surface area contributed by atoms with Crippen LogP contribution in [0.15, 0.2) is 30.3 Å². The lowest BCUT2D eigenvalue weighted by molar-refractivity contribution is -0.147. The van der Waals surface area contributed by atoms with Crippen molar-refractivity contribution in [1.82, 2.24) is 0 Å². The van der Waals surface area contributed by atoms with E-state index in [1.165, 1.54) is 21.1 Å². The number of carbonyl (C=O) groups excluding carboxylic acids is 1. The van der Waals surface area contributed by atoms with Crippen molar-refractivity contribution in [3.8, 4) is 23.0 Å². The number of rotatable bonds is 7. The minimum Gasteiger partial charge on any atom is -0.496 e. The third kappa shape index (κ3) is 4.38. The van der Waals surface area contributed by atoms with E-state index in [9.17, 15) is 4.79 Å². The van der Waals surface area contributed by atoms with Crippen LogP contribution in [0.4, 0.5) is 4.39 Å². The maximum atomic E-state index is 15.3. The van der Waals surface area contributed by atoms with Crippen molar-refractivity contribution in [1.29, 1.82) is 0 Å². The Kier molecular flexibility index (Phi) is 6.67. The molecule has 7 heteroatoms. The maximum absolute atomic E-state index is 15.3. The van der Waals surface area contributed by atoms with Gasteiger partial charge in [-0.25, -0.2) is 4.39 Å². The summed E-state index contributed by atoms with van der Waals surface area (Å²) in [5.74, 6) is -0.182. The summed E-state index contributed by atoms with van der Waals surface area (Å²) in [4.78, 5) is 12.0. The summed E-state index contributed by atoms with van der Waals surface area (Å²) in [6, 6.07) is 6.83. The van der Waals surface area contributed by atoms with Gasteiger partial charge in [0.25, 0.3) is 0 Å². The molecule has 0 bridgehead atoms. The molecule has 1 aliphatic rings. The van der Waals surface area contributed by atoms with E-state index in [2.05, 4.69) is 0 Å². The second-order valence-electron chi connectivity index (χ2n) is 8.16. The maximum Gasteiger partial charge on any atom is 0.303 e. The second kappa shape index (κ2) is 9.10. The monoisotopic (exact) mass is 444 g/mol. The van der Waals surface area contributed by atoms with Gasteiger partial charge in [-0.1, -0.05) is 13.0 Å². The van der Waals surface area contributed by atoms with Crippen LogP contribution in [-0.4, -0.2) is 32.9 Å². The minimum atomic E-state index is -0.816. The molecule has 3 rings (SSSR count). The third-order valence-corrected chi connectivity index (χ3v) is 5.47. The number of hydrogen-bond acceptors (Lipinski definition) is 6. The van der Waals surface area contributed by atoms with Gasteiger partial charge in [0.2, 0.25) is 0 Å². The number of halogens is 1. The van der Waals surface area contributed by atoms with Crippen LogP contribution < -0.4 is 18.9 Å². The van der Waals surface area contributed by atoms with Crippen LogP contribution in [0.1, 0.15) is 56.4 Å². The number of carbonyl (C=O) groups is 1. The SMILES string of the molecule is COc1ccc([C@H](C)[C@@H](OC(C)=O)c2ccc3c(c2OC)C=CC(C)(C)O3)c(F)c1OC. The molecule has 1 heterocycles. The lowest BCUT2D eigenvalue weighted by Gasteiger charge is -2.31. The number of esters is 1. The highest BCUT2D eigenvalue weighted by atomic mass is 19.1. The Morgan fingerprint density at radius 1 is 1.00 bits per heavy atom. The molecule has 0 saturated carbocycles. The molecule has 0 N–H and O–H groups in total. The number of benzene rings is 2. The highest BCUT2D eigenvalue weighted by Crippen LogP contribution is 2.46. The van der Waals surface area contributed by atoms with E-state index in [4.69, 9.17) is 23.7 Å². The Labute approximate surface area is 187 Å². The van der Waals surface area contributed by atoms with E-state index < -0.39 is 29.4 Å². The van der Waals surface area contributed by atoms with E-state index in [1.807, 2.05) is 32.1 Å². The Hall–Kier alpha value is -3.22. The topological polar surface area (TPSA) is 63.2 Å². The predicted molar refractivity (Wildman–Crippen MR) is 119 cm³/mol. The van der Waals surface area contributed by atoms with Crippen LogP contribution in [0.2, 0.25) is 0 Å². The van der Waals surface area contributed by atoms with E-state index in [1.54, 1.807) is 32.2 Å². The Bertz CT molecular complexity index is 1040. The normalized spacial score (nSPS) is 15.8. The van der Waals surface area contributed by atoms with Crippen molar-refractivity contribution in [3.05, 3.63) is 52.8 Å². The van der Waals surface area contributed by atoms with Crippen LogP contribution in [-0.2, 0) is 9.53 Å². The fraction of sp³-hybridized carbons (Fsp3) is 0.400. The van der Waals surface area contributed by atoms with Crippen molar-refractivity contribution in [3.63, 3.8) is 0 Å². The van der Waals surface area contributed by atoms with E-state index >= 15 is 4.39 Å². The van der Waals surface area contributed by atoms with Crippen LogP contribution in [0, 0.1) is 5.82 Å². The molecule has 2 aromatic rings. The summed E-state index contributed by atoms with van der Waals surface area (Å²) in [5.41, 5.74) is 1.21. The Morgan fingerprint density at radius 3 is 2.25 bits per heavy atom. The third-order valence-electron chi connectivity index (χ3n) is 5.47. The fourth-order valence-electron chi connectivity index (χ4n) is 3.93. The van der Waals surface area contributed by atoms with E-state index in [0.29, 0.717) is 22.6 Å². The molecule has 0 amide bonds. The molecule has 0 saturated heterocycles. The molecule has 1 aliphatic heterocycles. The fourth-order valence-corrected chi connectivity index (χ4v) is 3.93. The van der Waals surface area contributed by atoms with Gasteiger partial charge in [0.05, 0.1) is 26.9 Å². The Balaban J connectivity index is 2.13. The van der Waals surface area contributed by atoms with Gasteiger partial charge in [0.1, 0.15) is 23.2 Å². The van der Waals surface area contributed by atoms with Crippen molar-refractivity contribution in [2.45, 2.75) is 45.3 Å². The quantitative estimate of drug-likeness (QED) is 0.530. The van der Waals surface area contributed by atoms with Crippen LogP contribution in [0.3, 0.4) is 0 Å². The summed E-state index contributed by atoms with van der Waals surface area (Å²) < 4.78 is 43.1. The average molecular weight is 444 g/mol. The largest absolute Gasteiger partial charge is 0.496 e. The number of methoxy groups -OCH3 is 3. The molecular weight excluding hydrogens is 415 g/mol. The summed E-state index contributed by atoms with van der Waals surface area (Å²) >= 11 is 0. The summed E-state index contributed by atoms with van der Waals surface area (Å²) in [6.45, 7) is 7.01. The molecule has 172 valence electrons. The van der Waals surface area contributed by atoms with Gasteiger partial charge in [0, 0.05) is 18.4 Å². The smallest absolute Gasteiger partial charge is 0.303 e. The van der Waals surface area contributed by atoms with Gasteiger partial charge in [-0.3, -0.25) is 4.79 Å². The summed E-state index contributed by atoms with van der Waals surface area (Å²) in [5, 5.41) is 0. The van der Waals surface area contributed by atoms with Crippen molar-refractivity contribution in [2.75, 3.05) is 21.3 Å². The molecule has 0 radical (unpaired) electrons. The van der Waals surface area contributed by atoms with Crippen molar-refractivity contribution >= 4 is 12.0 Å². The predicted octanol–water partition coefficient (Wildman–Crippen LogP) is 5.44. The van der Waals surface area contributed by atoms with E-state index in [-0.39, 0.29) is 11.5 Å². The molecule has 2 atom stereocenters. The van der Waals surface area contributed by atoms with Crippen molar-refractivity contribution < 1.29 is 32.9 Å². The zero-order chi connectivity index (χ0) is 23.6. The molecule has 0 aliphatic carbocycles. The van der Waals surface area contributed by atoms with Gasteiger partial charge < -0.3 is 23.7 Å². The Morgan fingerprint density at radius 2 is 1.66 bits per heavy atom. The van der Waals surface area contributed by atoms with Gasteiger partial charge in [-0.2, -0.15) is 0 Å². The average Bonchev–Trinajstić information content (AvgIpc) is 2.75. The standard InChI is InChI=1S/C25H29FO6/c1-14(16-8-11-20(28-5)24(30-7)21(16)26)22(31-15(2)27)18-9-10-19-17(23(18)29-6)12-13-25(3,4)32-19/h8-14,22H,1-7H3/t14-,22+/m0/s1. The highest BCUT2D eigenvalue weighted by molar-refractivity contribution is 5.71. The molecule has 0 unspecified atom stereocenters. The number of ether oxygens (including phenoxy) is 5. The van der Waals surface area contributed by atoms with Gasteiger partial charge >= 0.3 is 5.97 Å². The van der Waals surface area contributed by atoms with Gasteiger partial charge in [-0.15, -0.1) is 0 Å². The number of hydrogen-bond donors (Lipinski definition) is 0. The first-order valence-electron chi connectivity index (χ1n) is 10.3. The molecule has 32 heavy (non-hydrogen) atoms. The zero-order valence-corrected chi connectivity index (χ0v) is 19.4. The van der Waals surface area contributed by atoms with Crippen molar-refractivity contribution in [2.24, 2.45) is 0 Å². The first-order chi connectivity index (χ1) is 15.1. The van der Waals surface area contributed by atoms with Crippen LogP contribution >= 0.6 is 0 Å². The number of fused-ring (bicyclic) bond motifs is 1. The highest BCUT2D eigenvalue weighted by Gasteiger charge is 2.33. The molecular formula is C25H29FO6. The molecule has 6 nitrogen and oxygen atoms in total. The lowest BCUT2D eigenvalue weighted by atomic mass is 9.87. The van der Waals surface area contributed by atoms with Crippen LogP contribution in [0.5, 0.6) is 23.0 Å². The van der Waals surface area contributed by atoms with E-state index in [0.717, 1.165) is 5.56 Å². The second-order valence-corrected chi connectivity index (χ2v) is 8.16. The van der Waals surface area contributed by atoms with Crippen LogP contribution in [0.25, 0.3) is 6.08 Å². The molecule has 0 spiro atoms. The van der Waals surface area contributed by atoms with Gasteiger partial charge in [-0.05, 0) is 49.8 Å². The summed E-state index contributed by atoms with van der Waals surface area (Å²) in [6.07, 6.45) is 3.04.